The van der Waals surface area contributed by atoms with Crippen LogP contribution in [0.4, 0.5) is 4.79 Å². The number of Topliss-reactive ketones (excluding diaryl/α,β-unsaturated/α-hetero) is 2. The van der Waals surface area contributed by atoms with E-state index >= 15 is 0 Å². The fourth-order valence-corrected chi connectivity index (χ4v) is 4.11. The highest BCUT2D eigenvalue weighted by Crippen LogP contribution is 2.42. The van der Waals surface area contributed by atoms with Crippen LogP contribution in [0.3, 0.4) is 0 Å². The van der Waals surface area contributed by atoms with Gasteiger partial charge in [0, 0.05) is 30.1 Å². The van der Waals surface area contributed by atoms with Gasteiger partial charge in [0.2, 0.25) is 0 Å². The van der Waals surface area contributed by atoms with E-state index in [0.29, 0.717) is 29.0 Å². The number of rotatable bonds is 5. The number of halogens is 1. The maximum atomic E-state index is 13.1. The normalized spacial score (nSPS) is 18.9. The molecule has 1 heterocycles. The molecular formula is C22H24ClN2O4+. The second-order valence-electron chi connectivity index (χ2n) is 7.23. The Balaban J connectivity index is 1.85. The monoisotopic (exact) mass is 415 g/mol. The Morgan fingerprint density at radius 2 is 1.97 bits per heavy atom. The first kappa shape index (κ1) is 21.0. The fourth-order valence-electron chi connectivity index (χ4n) is 3.82. The van der Waals surface area contributed by atoms with E-state index in [0.717, 1.165) is 12.8 Å². The molecule has 1 amide bonds. The van der Waals surface area contributed by atoms with Crippen LogP contribution in [0.15, 0.2) is 48.8 Å². The quantitative estimate of drug-likeness (QED) is 0.548. The molecule has 29 heavy (non-hydrogen) atoms. The van der Waals surface area contributed by atoms with Gasteiger partial charge in [0.05, 0.1) is 5.56 Å². The zero-order valence-corrected chi connectivity index (χ0v) is 17.3. The fraction of sp³-hybridized carbons (Fsp3) is 0.364. The highest BCUT2D eigenvalue weighted by molar-refractivity contribution is 6.31. The van der Waals surface area contributed by atoms with Crippen LogP contribution in [0.1, 0.15) is 48.5 Å². The van der Waals surface area contributed by atoms with Crippen molar-refractivity contribution in [3.63, 3.8) is 0 Å². The standard InChI is InChI=1S/C22H24ClN2O4/c1-16(26)17-8-7-13-25(14-17)15-29-21(28)24(2)22(12-6-5-11-20(22)27)18-9-3-4-10-19(18)23/h3-4,7-10,13-14H,5-6,11-12,15H2,1-2H3/q+1. The molecule has 1 aliphatic rings. The zero-order valence-electron chi connectivity index (χ0n) is 16.6. The van der Waals surface area contributed by atoms with E-state index in [-0.39, 0.29) is 18.3 Å². The number of benzene rings is 1. The first-order valence-corrected chi connectivity index (χ1v) is 9.93. The largest absolute Gasteiger partial charge is 0.415 e. The van der Waals surface area contributed by atoms with Crippen LogP contribution in [0.5, 0.6) is 0 Å². The Morgan fingerprint density at radius 1 is 1.21 bits per heavy atom. The van der Waals surface area contributed by atoms with E-state index in [4.69, 9.17) is 16.3 Å². The Hall–Kier alpha value is -2.73. The number of likely N-dealkylation sites (N-methyl/N-ethyl adjacent to an activating group) is 1. The summed E-state index contributed by atoms with van der Waals surface area (Å²) in [5.41, 5.74) is 0.00323. The lowest BCUT2D eigenvalue weighted by Crippen LogP contribution is -2.55. The number of aromatic nitrogens is 1. The molecule has 1 unspecified atom stereocenters. The molecule has 7 heteroatoms. The SMILES string of the molecule is CC(=O)c1ccc[n+](COC(=O)N(C)C2(c3ccccc3Cl)CCCCC2=O)c1. The van der Waals surface area contributed by atoms with Gasteiger partial charge < -0.3 is 4.74 Å². The highest BCUT2D eigenvalue weighted by Gasteiger charge is 2.48. The summed E-state index contributed by atoms with van der Waals surface area (Å²) in [6, 6.07) is 10.5. The van der Waals surface area contributed by atoms with Gasteiger partial charge >= 0.3 is 6.09 Å². The van der Waals surface area contributed by atoms with Crippen molar-refractivity contribution in [3.05, 3.63) is 64.9 Å². The van der Waals surface area contributed by atoms with Gasteiger partial charge in [-0.25, -0.2) is 4.79 Å². The molecule has 1 aliphatic carbocycles. The molecule has 1 fully saturated rings. The predicted octanol–water partition coefficient (Wildman–Crippen LogP) is 3.89. The molecule has 1 saturated carbocycles. The molecule has 2 aromatic rings. The van der Waals surface area contributed by atoms with Crippen molar-refractivity contribution in [1.29, 1.82) is 0 Å². The van der Waals surface area contributed by atoms with E-state index in [1.54, 1.807) is 54.3 Å². The van der Waals surface area contributed by atoms with Crippen molar-refractivity contribution in [1.82, 2.24) is 4.90 Å². The topological polar surface area (TPSA) is 67.6 Å². The van der Waals surface area contributed by atoms with E-state index < -0.39 is 11.6 Å². The Morgan fingerprint density at radius 3 is 2.66 bits per heavy atom. The van der Waals surface area contributed by atoms with Crippen LogP contribution in [0, 0.1) is 0 Å². The van der Waals surface area contributed by atoms with Crippen molar-refractivity contribution in [2.75, 3.05) is 7.05 Å². The average molecular weight is 416 g/mol. The summed E-state index contributed by atoms with van der Waals surface area (Å²) in [6.45, 7) is 1.40. The molecule has 0 radical (unpaired) electrons. The van der Waals surface area contributed by atoms with Gasteiger partial charge in [-0.1, -0.05) is 29.8 Å². The minimum absolute atomic E-state index is 0.0393. The lowest BCUT2D eigenvalue weighted by atomic mass is 9.74. The molecule has 0 saturated heterocycles. The molecule has 6 nitrogen and oxygen atoms in total. The van der Waals surface area contributed by atoms with Gasteiger partial charge in [0.25, 0.3) is 6.73 Å². The molecule has 152 valence electrons. The Bertz CT molecular complexity index is 946. The summed E-state index contributed by atoms with van der Waals surface area (Å²) in [5, 5.41) is 0.450. The van der Waals surface area contributed by atoms with E-state index in [2.05, 4.69) is 0 Å². The molecular weight excluding hydrogens is 392 g/mol. The number of amides is 1. The van der Waals surface area contributed by atoms with Gasteiger partial charge in [-0.3, -0.25) is 14.5 Å². The molecule has 1 atom stereocenters. The average Bonchev–Trinajstić information content (AvgIpc) is 2.73. The molecule has 0 N–H and O–H groups in total. The van der Waals surface area contributed by atoms with E-state index in [1.807, 2.05) is 6.07 Å². The summed E-state index contributed by atoms with van der Waals surface area (Å²) in [5.74, 6) is -0.115. The van der Waals surface area contributed by atoms with Crippen LogP contribution in [0.25, 0.3) is 0 Å². The second-order valence-corrected chi connectivity index (χ2v) is 7.64. The third kappa shape index (κ3) is 4.17. The highest BCUT2D eigenvalue weighted by atomic mass is 35.5. The van der Waals surface area contributed by atoms with E-state index in [1.165, 1.54) is 11.8 Å². The smallest absolute Gasteiger partial charge is 0.388 e. The lowest BCUT2D eigenvalue weighted by Gasteiger charge is -2.43. The summed E-state index contributed by atoms with van der Waals surface area (Å²) in [6.07, 6.45) is 5.18. The number of hydrogen-bond acceptors (Lipinski definition) is 4. The van der Waals surface area contributed by atoms with Crippen LogP contribution >= 0.6 is 11.6 Å². The first-order chi connectivity index (χ1) is 13.9. The van der Waals surface area contributed by atoms with Gasteiger partial charge in [-0.05, 0) is 38.3 Å². The van der Waals surface area contributed by atoms with Gasteiger partial charge in [0.1, 0.15) is 5.54 Å². The number of ether oxygens (including phenoxy) is 1. The lowest BCUT2D eigenvalue weighted by molar-refractivity contribution is -0.727. The molecule has 0 aliphatic heterocycles. The zero-order chi connectivity index (χ0) is 21.0. The maximum absolute atomic E-state index is 13.1. The van der Waals surface area contributed by atoms with Gasteiger partial charge in [-0.2, -0.15) is 4.57 Å². The number of pyridine rings is 1. The van der Waals surface area contributed by atoms with Gasteiger partial charge in [-0.15, -0.1) is 0 Å². The minimum Gasteiger partial charge on any atom is -0.388 e. The second kappa shape index (κ2) is 8.74. The molecule has 0 spiro atoms. The van der Waals surface area contributed by atoms with Crippen molar-refractivity contribution < 1.29 is 23.7 Å². The van der Waals surface area contributed by atoms with Gasteiger partial charge in [0.15, 0.2) is 24.0 Å². The van der Waals surface area contributed by atoms with Crippen LogP contribution < -0.4 is 4.57 Å². The third-order valence-corrected chi connectivity index (χ3v) is 5.75. The summed E-state index contributed by atoms with van der Waals surface area (Å²) in [4.78, 5) is 38.9. The van der Waals surface area contributed by atoms with Crippen molar-refractivity contribution in [2.45, 2.75) is 44.9 Å². The summed E-state index contributed by atoms with van der Waals surface area (Å²) < 4.78 is 7.06. The third-order valence-electron chi connectivity index (χ3n) is 5.42. The predicted molar refractivity (Wildman–Crippen MR) is 107 cm³/mol. The summed E-state index contributed by atoms with van der Waals surface area (Å²) in [7, 11) is 1.57. The first-order valence-electron chi connectivity index (χ1n) is 9.55. The number of nitrogens with zero attached hydrogens (tertiary/aromatic N) is 2. The maximum Gasteiger partial charge on any atom is 0.415 e. The van der Waals surface area contributed by atoms with Crippen molar-refractivity contribution in [2.24, 2.45) is 0 Å². The minimum atomic E-state index is -1.14. The molecule has 1 aromatic heterocycles. The van der Waals surface area contributed by atoms with Crippen LogP contribution in [0.2, 0.25) is 5.02 Å². The number of carbonyl (C=O) groups excluding carboxylic acids is 3. The summed E-state index contributed by atoms with van der Waals surface area (Å²) >= 11 is 6.41. The Kier molecular flexibility index (Phi) is 6.33. The number of carbonyl (C=O) groups is 3. The number of hydrogen-bond donors (Lipinski definition) is 0. The molecule has 3 rings (SSSR count). The Labute approximate surface area is 175 Å². The van der Waals surface area contributed by atoms with Crippen LogP contribution in [-0.4, -0.2) is 29.6 Å². The molecule has 1 aromatic carbocycles. The van der Waals surface area contributed by atoms with Crippen molar-refractivity contribution >= 4 is 29.3 Å². The van der Waals surface area contributed by atoms with E-state index in [9.17, 15) is 14.4 Å². The van der Waals surface area contributed by atoms with Crippen molar-refractivity contribution in [3.8, 4) is 0 Å². The van der Waals surface area contributed by atoms with Crippen LogP contribution in [-0.2, 0) is 21.8 Å². The number of ketones is 2. The molecule has 0 bridgehead atoms.